The normalized spacial score (nSPS) is 9.56. The van der Waals surface area contributed by atoms with Gasteiger partial charge in [0.05, 0.1) is 0 Å². The Hall–Kier alpha value is -0.340. The third-order valence-corrected chi connectivity index (χ3v) is 1.16. The summed E-state index contributed by atoms with van der Waals surface area (Å²) < 4.78 is 0. The van der Waals surface area contributed by atoms with Crippen molar-refractivity contribution in [1.29, 1.82) is 0 Å². The maximum Gasteiger partial charge on any atom is 0.0158 e. The van der Waals surface area contributed by atoms with Crippen LogP contribution in [0.4, 0.5) is 0 Å². The fourth-order valence-corrected chi connectivity index (χ4v) is 0.690. The summed E-state index contributed by atoms with van der Waals surface area (Å²) in [4.78, 5) is 0. The molecule has 0 aliphatic carbocycles. The molecule has 0 amide bonds. The van der Waals surface area contributed by atoms with E-state index in [0.29, 0.717) is 0 Å². The van der Waals surface area contributed by atoms with Crippen molar-refractivity contribution < 1.29 is 0 Å². The average molecular weight is 128 g/mol. The maximum absolute atomic E-state index is 5.31. The molecule has 0 rings (SSSR count). The number of nitrogens with two attached hydrogens (primary N) is 1. The second-order valence-electron chi connectivity index (χ2n) is 2.17. The van der Waals surface area contributed by atoms with Gasteiger partial charge in [0.25, 0.3) is 0 Å². The lowest BCUT2D eigenvalue weighted by Crippen LogP contribution is -2.10. The number of rotatable bonds is 5. The molecule has 3 N–H and O–H groups in total. The van der Waals surface area contributed by atoms with Crippen molar-refractivity contribution in [2.24, 2.45) is 5.73 Å². The largest absolute Gasteiger partial charge is 0.330 e. The lowest BCUT2D eigenvalue weighted by atomic mass is 10.2. The smallest absolute Gasteiger partial charge is 0.0158 e. The first-order valence-electron chi connectivity index (χ1n) is 3.32. The Bertz CT molecular complexity index is 79.0. The number of hydrogen-bond donors (Lipinski definition) is 2. The van der Waals surface area contributed by atoms with Crippen LogP contribution in [0, 0.1) is 0 Å². The Morgan fingerprint density at radius 2 is 2.33 bits per heavy atom. The molecule has 0 aliphatic heterocycles. The lowest BCUT2D eigenvalue weighted by Gasteiger charge is -2.01. The van der Waals surface area contributed by atoms with Crippen LogP contribution in [-0.2, 0) is 0 Å². The zero-order valence-corrected chi connectivity index (χ0v) is 6.11. The Kier molecular flexibility index (Phi) is 5.57. The zero-order chi connectivity index (χ0) is 7.11. The topological polar surface area (TPSA) is 38.0 Å². The lowest BCUT2D eigenvalue weighted by molar-refractivity contribution is 0.770. The minimum atomic E-state index is 0.767. The highest BCUT2D eigenvalue weighted by Gasteiger charge is 1.89. The fourth-order valence-electron chi connectivity index (χ4n) is 0.690. The van der Waals surface area contributed by atoms with Gasteiger partial charge in [0, 0.05) is 6.54 Å². The second-order valence-corrected chi connectivity index (χ2v) is 2.17. The van der Waals surface area contributed by atoms with E-state index < -0.39 is 0 Å². The minimum Gasteiger partial charge on any atom is -0.330 e. The van der Waals surface area contributed by atoms with Crippen LogP contribution in [0.25, 0.3) is 0 Å². The number of hydrogen-bond acceptors (Lipinski definition) is 2. The van der Waals surface area contributed by atoms with Gasteiger partial charge in [0.15, 0.2) is 0 Å². The van der Waals surface area contributed by atoms with E-state index >= 15 is 0 Å². The standard InChI is InChI=1S/C7H16N2/c1-7(6-9-2)4-3-5-8/h9H,1,3-6,8H2,2H3. The molecular weight excluding hydrogens is 112 g/mol. The van der Waals surface area contributed by atoms with Gasteiger partial charge in [-0.15, -0.1) is 0 Å². The molecule has 2 heteroatoms. The van der Waals surface area contributed by atoms with E-state index in [1.54, 1.807) is 0 Å². The van der Waals surface area contributed by atoms with Gasteiger partial charge in [-0.1, -0.05) is 12.2 Å². The van der Waals surface area contributed by atoms with Gasteiger partial charge in [-0.25, -0.2) is 0 Å². The molecule has 54 valence electrons. The molecule has 0 fully saturated rings. The van der Waals surface area contributed by atoms with Gasteiger partial charge in [0.1, 0.15) is 0 Å². The highest BCUT2D eigenvalue weighted by molar-refractivity contribution is 4.95. The van der Waals surface area contributed by atoms with Crippen molar-refractivity contribution in [2.45, 2.75) is 12.8 Å². The highest BCUT2D eigenvalue weighted by Crippen LogP contribution is 1.97. The summed E-state index contributed by atoms with van der Waals surface area (Å²) in [5.41, 5.74) is 6.55. The van der Waals surface area contributed by atoms with E-state index in [0.717, 1.165) is 25.9 Å². The summed E-state index contributed by atoms with van der Waals surface area (Å²) in [7, 11) is 1.92. The summed E-state index contributed by atoms with van der Waals surface area (Å²) in [5, 5.41) is 3.04. The van der Waals surface area contributed by atoms with Crippen molar-refractivity contribution >= 4 is 0 Å². The van der Waals surface area contributed by atoms with E-state index in [1.807, 2.05) is 7.05 Å². The fraction of sp³-hybridized carbons (Fsp3) is 0.714. The molecule has 0 saturated heterocycles. The maximum atomic E-state index is 5.31. The van der Waals surface area contributed by atoms with Crippen molar-refractivity contribution in [3.8, 4) is 0 Å². The molecule has 0 heterocycles. The minimum absolute atomic E-state index is 0.767. The molecule has 0 aliphatic rings. The van der Waals surface area contributed by atoms with E-state index in [9.17, 15) is 0 Å². The summed E-state index contributed by atoms with van der Waals surface area (Å²) in [5.74, 6) is 0. The van der Waals surface area contributed by atoms with Gasteiger partial charge < -0.3 is 11.1 Å². The molecule has 0 aromatic rings. The van der Waals surface area contributed by atoms with Gasteiger partial charge >= 0.3 is 0 Å². The van der Waals surface area contributed by atoms with Crippen LogP contribution in [0.15, 0.2) is 12.2 Å². The molecule has 0 aromatic heterocycles. The molecule has 0 radical (unpaired) electrons. The Labute approximate surface area is 57.1 Å². The van der Waals surface area contributed by atoms with Crippen LogP contribution in [0.3, 0.4) is 0 Å². The van der Waals surface area contributed by atoms with E-state index in [1.165, 1.54) is 5.57 Å². The van der Waals surface area contributed by atoms with Crippen molar-refractivity contribution in [2.75, 3.05) is 20.1 Å². The van der Waals surface area contributed by atoms with E-state index in [4.69, 9.17) is 5.73 Å². The summed E-state index contributed by atoms with van der Waals surface area (Å²) in [6.45, 7) is 5.55. The predicted octanol–water partition coefficient (Wildman–Crippen LogP) is 0.501. The van der Waals surface area contributed by atoms with Gasteiger partial charge in [-0.3, -0.25) is 0 Å². The quantitative estimate of drug-likeness (QED) is 0.529. The molecular formula is C7H16N2. The van der Waals surface area contributed by atoms with Gasteiger partial charge in [-0.05, 0) is 26.4 Å². The Balaban J connectivity index is 3.06. The molecule has 0 aromatic carbocycles. The van der Waals surface area contributed by atoms with Crippen molar-refractivity contribution in [3.05, 3.63) is 12.2 Å². The van der Waals surface area contributed by atoms with Crippen LogP contribution < -0.4 is 11.1 Å². The molecule has 0 saturated carbocycles. The van der Waals surface area contributed by atoms with E-state index in [2.05, 4.69) is 11.9 Å². The molecule has 0 spiro atoms. The van der Waals surface area contributed by atoms with Crippen LogP contribution in [0.2, 0.25) is 0 Å². The average Bonchev–Trinajstić information content (AvgIpc) is 1.85. The second kappa shape index (κ2) is 5.79. The van der Waals surface area contributed by atoms with Crippen LogP contribution in [0.5, 0.6) is 0 Å². The van der Waals surface area contributed by atoms with Gasteiger partial charge in [-0.2, -0.15) is 0 Å². The van der Waals surface area contributed by atoms with Crippen LogP contribution >= 0.6 is 0 Å². The summed E-state index contributed by atoms with van der Waals surface area (Å²) >= 11 is 0. The number of likely N-dealkylation sites (N-methyl/N-ethyl adjacent to an activating group) is 1. The third kappa shape index (κ3) is 5.53. The molecule has 2 nitrogen and oxygen atoms in total. The Morgan fingerprint density at radius 3 is 2.78 bits per heavy atom. The number of nitrogens with one attached hydrogen (secondary N) is 1. The van der Waals surface area contributed by atoms with Crippen LogP contribution in [-0.4, -0.2) is 20.1 Å². The first-order valence-corrected chi connectivity index (χ1v) is 3.32. The van der Waals surface area contributed by atoms with Crippen molar-refractivity contribution in [3.63, 3.8) is 0 Å². The SMILES string of the molecule is C=C(CCCN)CNC. The Morgan fingerprint density at radius 1 is 1.67 bits per heavy atom. The molecule has 9 heavy (non-hydrogen) atoms. The van der Waals surface area contributed by atoms with E-state index in [-0.39, 0.29) is 0 Å². The highest BCUT2D eigenvalue weighted by atomic mass is 14.8. The first kappa shape index (κ1) is 8.66. The summed E-state index contributed by atoms with van der Waals surface area (Å²) in [6, 6.07) is 0. The first-order chi connectivity index (χ1) is 4.31. The monoisotopic (exact) mass is 128 g/mol. The molecule has 0 atom stereocenters. The van der Waals surface area contributed by atoms with Gasteiger partial charge in [0.2, 0.25) is 0 Å². The van der Waals surface area contributed by atoms with Crippen LogP contribution in [0.1, 0.15) is 12.8 Å². The predicted molar refractivity (Wildman–Crippen MR) is 41.4 cm³/mol. The zero-order valence-electron chi connectivity index (χ0n) is 6.11. The third-order valence-electron chi connectivity index (χ3n) is 1.16. The molecule has 0 unspecified atom stereocenters. The molecule has 0 bridgehead atoms. The summed E-state index contributed by atoms with van der Waals surface area (Å²) in [6.07, 6.45) is 2.11. The van der Waals surface area contributed by atoms with Crippen molar-refractivity contribution in [1.82, 2.24) is 5.32 Å².